The van der Waals surface area contributed by atoms with Crippen LogP contribution in [0.2, 0.25) is 0 Å². The fourth-order valence-electron chi connectivity index (χ4n) is 2.42. The number of hydrogen-bond acceptors (Lipinski definition) is 2. The van der Waals surface area contributed by atoms with Crippen LogP contribution in [0.15, 0.2) is 61.1 Å². The van der Waals surface area contributed by atoms with Gasteiger partial charge >= 0.3 is 0 Å². The third-order valence-corrected chi connectivity index (χ3v) is 3.32. The SMILES string of the molecule is [Ir].[c-]1ccc(-c2ccccc2)c2ccn3cnnc3c12. The van der Waals surface area contributed by atoms with Crippen molar-refractivity contribution < 1.29 is 20.1 Å². The molecule has 0 saturated carbocycles. The van der Waals surface area contributed by atoms with Crippen molar-refractivity contribution in [3.05, 3.63) is 67.1 Å². The van der Waals surface area contributed by atoms with E-state index in [0.717, 1.165) is 16.4 Å². The van der Waals surface area contributed by atoms with E-state index >= 15 is 0 Å². The predicted molar refractivity (Wildman–Crippen MR) is 74.8 cm³/mol. The first-order valence-corrected chi connectivity index (χ1v) is 6.12. The van der Waals surface area contributed by atoms with Crippen molar-refractivity contribution in [2.75, 3.05) is 0 Å². The summed E-state index contributed by atoms with van der Waals surface area (Å²) in [6.07, 6.45) is 3.69. The Bertz CT molecular complexity index is 869. The van der Waals surface area contributed by atoms with Gasteiger partial charge in [-0.3, -0.25) is 0 Å². The number of hydrogen-bond donors (Lipinski definition) is 0. The smallest absolute Gasteiger partial charge is 0.114 e. The number of pyridine rings is 1. The van der Waals surface area contributed by atoms with E-state index < -0.39 is 0 Å². The van der Waals surface area contributed by atoms with Crippen LogP contribution in [-0.4, -0.2) is 14.6 Å². The van der Waals surface area contributed by atoms with Gasteiger partial charge in [0.2, 0.25) is 0 Å². The molecule has 0 fully saturated rings. The Balaban J connectivity index is 0.00000121. The molecule has 0 aliphatic carbocycles. The zero-order chi connectivity index (χ0) is 12.7. The van der Waals surface area contributed by atoms with Crippen LogP contribution in [0.1, 0.15) is 0 Å². The molecule has 0 amide bonds. The number of nitrogens with zero attached hydrogens (tertiary/aromatic N) is 3. The second-order valence-electron chi connectivity index (χ2n) is 4.42. The minimum Gasteiger partial charge on any atom is -0.330 e. The van der Waals surface area contributed by atoms with Gasteiger partial charge in [0.25, 0.3) is 0 Å². The monoisotopic (exact) mass is 437 g/mol. The molecule has 99 valence electrons. The van der Waals surface area contributed by atoms with Gasteiger partial charge in [0.05, 0.1) is 5.65 Å². The summed E-state index contributed by atoms with van der Waals surface area (Å²) in [6.45, 7) is 0. The molecule has 20 heavy (non-hydrogen) atoms. The molecule has 0 saturated heterocycles. The van der Waals surface area contributed by atoms with E-state index in [0.29, 0.717) is 0 Å². The zero-order valence-corrected chi connectivity index (χ0v) is 12.8. The molecule has 2 aromatic heterocycles. The van der Waals surface area contributed by atoms with Crippen molar-refractivity contribution in [2.24, 2.45) is 0 Å². The molecule has 2 heterocycles. The van der Waals surface area contributed by atoms with E-state index in [4.69, 9.17) is 0 Å². The van der Waals surface area contributed by atoms with Crippen molar-refractivity contribution in [1.29, 1.82) is 0 Å². The normalized spacial score (nSPS) is 10.6. The first-order valence-electron chi connectivity index (χ1n) is 6.12. The van der Waals surface area contributed by atoms with Crippen LogP contribution in [0.3, 0.4) is 0 Å². The van der Waals surface area contributed by atoms with Crippen LogP contribution in [0.4, 0.5) is 0 Å². The largest absolute Gasteiger partial charge is 0.330 e. The van der Waals surface area contributed by atoms with Gasteiger partial charge in [-0.05, 0) is 11.8 Å². The van der Waals surface area contributed by atoms with Crippen LogP contribution >= 0.6 is 0 Å². The van der Waals surface area contributed by atoms with Crippen molar-refractivity contribution in [3.8, 4) is 11.1 Å². The van der Waals surface area contributed by atoms with Crippen LogP contribution in [0.5, 0.6) is 0 Å². The van der Waals surface area contributed by atoms with Gasteiger partial charge in [0.15, 0.2) is 0 Å². The summed E-state index contributed by atoms with van der Waals surface area (Å²) in [5, 5.41) is 10.3. The minimum atomic E-state index is 0. The molecule has 1 radical (unpaired) electrons. The summed E-state index contributed by atoms with van der Waals surface area (Å²) in [5.41, 5.74) is 3.24. The average Bonchev–Trinajstić information content (AvgIpc) is 2.96. The molecule has 4 heteroatoms. The van der Waals surface area contributed by atoms with Gasteiger partial charge in [-0.25, -0.2) is 0 Å². The van der Waals surface area contributed by atoms with E-state index in [9.17, 15) is 0 Å². The summed E-state index contributed by atoms with van der Waals surface area (Å²) < 4.78 is 1.91. The van der Waals surface area contributed by atoms with Gasteiger partial charge in [0, 0.05) is 20.1 Å². The Kier molecular flexibility index (Phi) is 3.35. The molecule has 0 spiro atoms. The number of fused-ring (bicyclic) bond motifs is 3. The van der Waals surface area contributed by atoms with Crippen molar-refractivity contribution in [1.82, 2.24) is 14.6 Å². The van der Waals surface area contributed by atoms with Crippen LogP contribution in [0, 0.1) is 6.07 Å². The van der Waals surface area contributed by atoms with Gasteiger partial charge < -0.3 is 4.40 Å². The first kappa shape index (κ1) is 13.0. The second-order valence-corrected chi connectivity index (χ2v) is 4.42. The Labute approximate surface area is 129 Å². The summed E-state index contributed by atoms with van der Waals surface area (Å²) in [4.78, 5) is 0. The quantitative estimate of drug-likeness (QED) is 0.429. The molecule has 0 atom stereocenters. The molecule has 0 bridgehead atoms. The summed E-state index contributed by atoms with van der Waals surface area (Å²) in [6, 6.07) is 19.7. The Hall–Kier alpha value is -2.03. The molecular weight excluding hydrogens is 426 g/mol. The van der Waals surface area contributed by atoms with Crippen molar-refractivity contribution in [3.63, 3.8) is 0 Å². The zero-order valence-electron chi connectivity index (χ0n) is 10.4. The van der Waals surface area contributed by atoms with Gasteiger partial charge in [-0.1, -0.05) is 52.7 Å². The Morgan fingerprint density at radius 1 is 1.00 bits per heavy atom. The summed E-state index contributed by atoms with van der Waals surface area (Å²) >= 11 is 0. The van der Waals surface area contributed by atoms with Gasteiger partial charge in [-0.15, -0.1) is 23.3 Å². The molecule has 0 N–H and O–H groups in total. The molecule has 0 unspecified atom stereocenters. The second kappa shape index (κ2) is 5.16. The number of benzene rings is 2. The minimum absolute atomic E-state index is 0. The van der Waals surface area contributed by atoms with E-state index in [-0.39, 0.29) is 20.1 Å². The first-order chi connectivity index (χ1) is 9.43. The molecule has 0 aliphatic rings. The standard InChI is InChI=1S/C16H10N3.Ir/c1-2-5-12(6-3-1)13-7-4-8-15-14(13)9-10-19-11-17-18-16(15)19;/h1-7,9-11H;/q-1;. The van der Waals surface area contributed by atoms with Crippen molar-refractivity contribution in [2.45, 2.75) is 0 Å². The van der Waals surface area contributed by atoms with Gasteiger partial charge in [0.1, 0.15) is 6.33 Å². The average molecular weight is 436 g/mol. The summed E-state index contributed by atoms with van der Waals surface area (Å²) in [7, 11) is 0. The fraction of sp³-hybridized carbons (Fsp3) is 0. The predicted octanol–water partition coefficient (Wildman–Crippen LogP) is 3.35. The van der Waals surface area contributed by atoms with E-state index in [1.165, 1.54) is 11.1 Å². The third-order valence-electron chi connectivity index (χ3n) is 3.32. The maximum absolute atomic E-state index is 4.16. The molecule has 3 nitrogen and oxygen atoms in total. The Morgan fingerprint density at radius 2 is 1.85 bits per heavy atom. The Morgan fingerprint density at radius 3 is 2.70 bits per heavy atom. The molecule has 4 aromatic rings. The van der Waals surface area contributed by atoms with E-state index in [1.54, 1.807) is 6.33 Å². The maximum Gasteiger partial charge on any atom is 0.114 e. The van der Waals surface area contributed by atoms with Crippen LogP contribution in [-0.2, 0) is 20.1 Å². The van der Waals surface area contributed by atoms with Gasteiger partial charge in [-0.2, -0.15) is 5.10 Å². The maximum atomic E-state index is 4.16. The van der Waals surface area contributed by atoms with E-state index in [1.807, 2.05) is 34.9 Å². The molecule has 0 aliphatic heterocycles. The van der Waals surface area contributed by atoms with Crippen LogP contribution < -0.4 is 0 Å². The molecule has 2 aromatic carbocycles. The van der Waals surface area contributed by atoms with Crippen molar-refractivity contribution >= 4 is 16.4 Å². The fourth-order valence-corrected chi connectivity index (χ4v) is 2.42. The number of aromatic nitrogens is 3. The third kappa shape index (κ3) is 1.94. The van der Waals surface area contributed by atoms with E-state index in [2.05, 4.69) is 40.5 Å². The summed E-state index contributed by atoms with van der Waals surface area (Å²) in [5.74, 6) is 0. The topological polar surface area (TPSA) is 30.2 Å². The molecule has 4 rings (SSSR count). The number of rotatable bonds is 1. The van der Waals surface area contributed by atoms with Crippen LogP contribution in [0.25, 0.3) is 27.5 Å². The molecular formula is C16H10IrN3-.